The van der Waals surface area contributed by atoms with Crippen LogP contribution < -0.4 is 10.2 Å². The zero-order valence-corrected chi connectivity index (χ0v) is 15.4. The fourth-order valence-corrected chi connectivity index (χ4v) is 3.61. The molecule has 0 saturated carbocycles. The van der Waals surface area contributed by atoms with Crippen LogP contribution in [0, 0.1) is 0 Å². The number of nitrogens with zero attached hydrogens (tertiary/aromatic N) is 6. The summed E-state index contributed by atoms with van der Waals surface area (Å²) in [5.74, 6) is 1.90. The number of aryl methyl sites for hydroxylation is 2. The smallest absolute Gasteiger partial charge is 0.205 e. The van der Waals surface area contributed by atoms with Crippen molar-refractivity contribution in [3.63, 3.8) is 0 Å². The normalized spacial score (nSPS) is 15.9. The second-order valence-electron chi connectivity index (χ2n) is 5.83. The van der Waals surface area contributed by atoms with E-state index < -0.39 is 0 Å². The summed E-state index contributed by atoms with van der Waals surface area (Å²) >= 11 is 1.50. The molecule has 1 aliphatic rings. The fourth-order valence-electron chi connectivity index (χ4n) is 2.81. The molecule has 1 saturated heterocycles. The minimum absolute atomic E-state index is 0.784. The molecule has 0 aliphatic carbocycles. The lowest BCUT2D eigenvalue weighted by atomic mass is 10.3. The van der Waals surface area contributed by atoms with Crippen LogP contribution in [0.15, 0.2) is 23.3 Å². The Morgan fingerprint density at radius 3 is 2.71 bits per heavy atom. The van der Waals surface area contributed by atoms with Crippen molar-refractivity contribution in [1.29, 1.82) is 0 Å². The Kier molecular flexibility index (Phi) is 5.34. The van der Waals surface area contributed by atoms with Crippen molar-refractivity contribution in [3.8, 4) is 0 Å². The van der Waals surface area contributed by atoms with Gasteiger partial charge in [-0.15, -0.1) is 0 Å². The largest absolute Gasteiger partial charge is 0.353 e. The molecule has 0 unspecified atom stereocenters. The molecule has 0 amide bonds. The Hall–Kier alpha value is -2.09. The standard InChI is InChI=1S/C16H25N7S/c1-4-14-19-16(24-20-14)23-10-8-22(9-11-23)15(17-2)18-12-13-6-5-7-21(13)3/h5-7H,4,8-12H2,1-3H3,(H,17,18). The van der Waals surface area contributed by atoms with Crippen LogP contribution in [-0.2, 0) is 20.0 Å². The summed E-state index contributed by atoms with van der Waals surface area (Å²) in [6.07, 6.45) is 2.96. The minimum atomic E-state index is 0.784. The highest BCUT2D eigenvalue weighted by atomic mass is 32.1. The van der Waals surface area contributed by atoms with Crippen LogP contribution in [-0.4, -0.2) is 58.0 Å². The summed E-state index contributed by atoms with van der Waals surface area (Å²) in [6, 6.07) is 4.18. The number of rotatable bonds is 4. The molecule has 2 aromatic rings. The number of guanidine groups is 1. The number of nitrogens with one attached hydrogen (secondary N) is 1. The van der Waals surface area contributed by atoms with E-state index in [9.17, 15) is 0 Å². The average molecular weight is 347 g/mol. The first kappa shape index (κ1) is 16.8. The van der Waals surface area contributed by atoms with Crippen LogP contribution in [0.3, 0.4) is 0 Å². The Bertz CT molecular complexity index is 682. The van der Waals surface area contributed by atoms with Gasteiger partial charge in [0, 0.05) is 70.1 Å². The summed E-state index contributed by atoms with van der Waals surface area (Å²) in [7, 11) is 3.91. The Morgan fingerprint density at radius 1 is 1.33 bits per heavy atom. The Labute approximate surface area is 147 Å². The topological polar surface area (TPSA) is 61.6 Å². The van der Waals surface area contributed by atoms with E-state index >= 15 is 0 Å². The molecule has 3 rings (SSSR count). The van der Waals surface area contributed by atoms with Gasteiger partial charge in [0.15, 0.2) is 5.96 Å². The molecule has 1 N–H and O–H groups in total. The van der Waals surface area contributed by atoms with Crippen molar-refractivity contribution in [2.24, 2.45) is 12.0 Å². The summed E-state index contributed by atoms with van der Waals surface area (Å²) in [5, 5.41) is 4.50. The average Bonchev–Trinajstić information content (AvgIpc) is 3.25. The van der Waals surface area contributed by atoms with E-state index in [-0.39, 0.29) is 0 Å². The number of hydrogen-bond acceptors (Lipinski definition) is 5. The molecule has 0 bridgehead atoms. The van der Waals surface area contributed by atoms with Crippen LogP contribution in [0.1, 0.15) is 18.4 Å². The van der Waals surface area contributed by atoms with Gasteiger partial charge in [0.05, 0.1) is 6.54 Å². The first-order valence-corrected chi connectivity index (χ1v) is 9.12. The first-order valence-electron chi connectivity index (χ1n) is 8.34. The second kappa shape index (κ2) is 7.65. The van der Waals surface area contributed by atoms with Gasteiger partial charge in [0.2, 0.25) is 5.13 Å². The van der Waals surface area contributed by atoms with Crippen LogP contribution in [0.4, 0.5) is 5.13 Å². The highest BCUT2D eigenvalue weighted by molar-refractivity contribution is 7.09. The molecule has 1 fully saturated rings. The number of hydrogen-bond donors (Lipinski definition) is 1. The van der Waals surface area contributed by atoms with Crippen molar-refractivity contribution in [2.45, 2.75) is 19.9 Å². The predicted molar refractivity (Wildman–Crippen MR) is 98.7 cm³/mol. The van der Waals surface area contributed by atoms with Crippen LogP contribution in [0.5, 0.6) is 0 Å². The molecule has 0 atom stereocenters. The molecule has 0 spiro atoms. The SMILES string of the molecule is CCc1nsc(N2CCN(C(=NC)NCc3cccn3C)CC2)n1. The third-order valence-electron chi connectivity index (χ3n) is 4.31. The van der Waals surface area contributed by atoms with E-state index in [0.717, 1.165) is 56.1 Å². The lowest BCUT2D eigenvalue weighted by Crippen LogP contribution is -2.52. The Morgan fingerprint density at radius 2 is 2.12 bits per heavy atom. The summed E-state index contributed by atoms with van der Waals surface area (Å²) < 4.78 is 6.51. The highest BCUT2D eigenvalue weighted by Crippen LogP contribution is 2.19. The summed E-state index contributed by atoms with van der Waals surface area (Å²) in [4.78, 5) is 13.6. The number of piperazine rings is 1. The quantitative estimate of drug-likeness (QED) is 0.668. The lowest BCUT2D eigenvalue weighted by molar-refractivity contribution is 0.372. The molecular formula is C16H25N7S. The molecule has 1 aliphatic heterocycles. The van der Waals surface area contributed by atoms with Crippen molar-refractivity contribution >= 4 is 22.6 Å². The van der Waals surface area contributed by atoms with Gasteiger partial charge < -0.3 is 19.7 Å². The van der Waals surface area contributed by atoms with Crippen LogP contribution in [0.25, 0.3) is 0 Å². The number of anilines is 1. The van der Waals surface area contributed by atoms with Crippen molar-refractivity contribution < 1.29 is 0 Å². The van der Waals surface area contributed by atoms with E-state index in [4.69, 9.17) is 0 Å². The zero-order valence-electron chi connectivity index (χ0n) is 14.6. The van der Waals surface area contributed by atoms with Gasteiger partial charge in [-0.05, 0) is 12.1 Å². The van der Waals surface area contributed by atoms with Gasteiger partial charge in [0.25, 0.3) is 0 Å². The van der Waals surface area contributed by atoms with E-state index in [2.05, 4.69) is 66.3 Å². The van der Waals surface area contributed by atoms with Crippen LogP contribution >= 0.6 is 11.5 Å². The Balaban J connectivity index is 1.53. The molecule has 8 heteroatoms. The van der Waals surface area contributed by atoms with Gasteiger partial charge in [-0.1, -0.05) is 6.92 Å². The molecule has 7 nitrogen and oxygen atoms in total. The highest BCUT2D eigenvalue weighted by Gasteiger charge is 2.22. The monoisotopic (exact) mass is 347 g/mol. The van der Waals surface area contributed by atoms with Crippen molar-refractivity contribution in [1.82, 2.24) is 24.1 Å². The summed E-state index contributed by atoms with van der Waals surface area (Å²) in [5.41, 5.74) is 1.25. The predicted octanol–water partition coefficient (Wildman–Crippen LogP) is 1.34. The maximum absolute atomic E-state index is 4.59. The zero-order chi connectivity index (χ0) is 16.9. The van der Waals surface area contributed by atoms with Gasteiger partial charge in [0.1, 0.15) is 5.82 Å². The molecule has 3 heterocycles. The van der Waals surface area contributed by atoms with Gasteiger partial charge in [-0.3, -0.25) is 4.99 Å². The molecule has 24 heavy (non-hydrogen) atoms. The van der Waals surface area contributed by atoms with Gasteiger partial charge in [-0.25, -0.2) is 4.98 Å². The van der Waals surface area contributed by atoms with E-state index in [0.29, 0.717) is 0 Å². The van der Waals surface area contributed by atoms with Crippen LogP contribution in [0.2, 0.25) is 0 Å². The fraction of sp³-hybridized carbons (Fsp3) is 0.562. The van der Waals surface area contributed by atoms with Gasteiger partial charge in [-0.2, -0.15) is 4.37 Å². The number of aliphatic imine (C=N–C) groups is 1. The van der Waals surface area contributed by atoms with E-state index in [1.165, 1.54) is 17.2 Å². The third kappa shape index (κ3) is 3.69. The van der Waals surface area contributed by atoms with Crippen molar-refractivity contribution in [3.05, 3.63) is 29.8 Å². The maximum atomic E-state index is 4.59. The minimum Gasteiger partial charge on any atom is -0.353 e. The molecule has 0 aromatic carbocycles. The molecule has 2 aromatic heterocycles. The summed E-state index contributed by atoms with van der Waals surface area (Å²) in [6.45, 7) is 6.65. The number of aromatic nitrogens is 3. The maximum Gasteiger partial charge on any atom is 0.205 e. The molecular weight excluding hydrogens is 322 g/mol. The first-order chi connectivity index (χ1) is 11.7. The van der Waals surface area contributed by atoms with E-state index in [1.54, 1.807) is 0 Å². The van der Waals surface area contributed by atoms with Crippen molar-refractivity contribution in [2.75, 3.05) is 38.1 Å². The lowest BCUT2D eigenvalue weighted by Gasteiger charge is -2.36. The third-order valence-corrected chi connectivity index (χ3v) is 5.13. The molecule has 0 radical (unpaired) electrons. The van der Waals surface area contributed by atoms with E-state index in [1.807, 2.05) is 7.05 Å². The second-order valence-corrected chi connectivity index (χ2v) is 6.56. The van der Waals surface area contributed by atoms with Gasteiger partial charge >= 0.3 is 0 Å². The molecule has 130 valence electrons.